The van der Waals surface area contributed by atoms with Gasteiger partial charge < -0.3 is 10.2 Å². The molecule has 4 heteroatoms. The molecule has 0 radical (unpaired) electrons. The Bertz CT molecular complexity index is 830. The third-order valence-corrected chi connectivity index (χ3v) is 5.46. The van der Waals surface area contributed by atoms with Crippen molar-refractivity contribution in [1.82, 2.24) is 0 Å². The van der Waals surface area contributed by atoms with Crippen LogP contribution in [-0.4, -0.2) is 18.4 Å². The zero-order valence-corrected chi connectivity index (χ0v) is 16.6. The average Bonchev–Trinajstić information content (AvgIpc) is 3.05. The number of hydrogen-bond donors (Lipinski definition) is 1. The number of para-hydroxylation sites is 2. The lowest BCUT2D eigenvalue weighted by molar-refractivity contribution is -0.122. The Morgan fingerprint density at radius 2 is 1.59 bits per heavy atom. The van der Waals surface area contributed by atoms with Gasteiger partial charge in [0.2, 0.25) is 11.8 Å². The van der Waals surface area contributed by atoms with E-state index >= 15 is 0 Å². The van der Waals surface area contributed by atoms with Crippen molar-refractivity contribution >= 4 is 23.2 Å². The SMILES string of the molecule is CCc1cccc(CC)c1N1C[C@@H](C(=O)Nc2c(C)cccc2C)CC1=O. The molecule has 1 fully saturated rings. The number of amides is 2. The molecule has 0 bridgehead atoms. The molecule has 3 rings (SSSR count). The summed E-state index contributed by atoms with van der Waals surface area (Å²) in [5.41, 5.74) is 6.27. The fourth-order valence-electron chi connectivity index (χ4n) is 3.90. The standard InChI is InChI=1S/C23H28N2O2/c1-5-17-11-8-12-18(6-2)22(17)25-14-19(13-20(25)26)23(27)24-21-15(3)9-7-10-16(21)4/h7-12,19H,5-6,13-14H2,1-4H3,(H,24,27)/t19-/m0/s1. The number of anilines is 2. The average molecular weight is 364 g/mol. The second-order valence-corrected chi connectivity index (χ2v) is 7.29. The predicted octanol–water partition coefficient (Wildman–Crippen LogP) is 4.42. The van der Waals surface area contributed by atoms with Gasteiger partial charge in [0.15, 0.2) is 0 Å². The van der Waals surface area contributed by atoms with Crippen LogP contribution in [0.1, 0.15) is 42.5 Å². The minimum absolute atomic E-state index is 0.0345. The number of aryl methyl sites for hydroxylation is 4. The molecule has 0 spiro atoms. The van der Waals surface area contributed by atoms with Gasteiger partial charge in [-0.05, 0) is 48.9 Å². The number of benzene rings is 2. The van der Waals surface area contributed by atoms with Gasteiger partial charge in [-0.25, -0.2) is 0 Å². The highest BCUT2D eigenvalue weighted by Gasteiger charge is 2.36. The summed E-state index contributed by atoms with van der Waals surface area (Å²) in [7, 11) is 0. The largest absolute Gasteiger partial charge is 0.325 e. The molecule has 2 amide bonds. The van der Waals surface area contributed by atoms with Crippen molar-refractivity contribution in [3.63, 3.8) is 0 Å². The summed E-state index contributed by atoms with van der Waals surface area (Å²) < 4.78 is 0. The van der Waals surface area contributed by atoms with E-state index in [2.05, 4.69) is 31.3 Å². The van der Waals surface area contributed by atoms with Crippen molar-refractivity contribution in [3.8, 4) is 0 Å². The summed E-state index contributed by atoms with van der Waals surface area (Å²) in [6.07, 6.45) is 2.00. The van der Waals surface area contributed by atoms with Crippen LogP contribution >= 0.6 is 0 Å². The topological polar surface area (TPSA) is 49.4 Å². The summed E-state index contributed by atoms with van der Waals surface area (Å²) >= 11 is 0. The molecule has 1 aliphatic rings. The van der Waals surface area contributed by atoms with Gasteiger partial charge in [-0.2, -0.15) is 0 Å². The quantitative estimate of drug-likeness (QED) is 0.854. The molecule has 2 aromatic rings. The Balaban J connectivity index is 1.83. The maximum atomic E-state index is 12.9. The molecular formula is C23H28N2O2. The number of carbonyl (C=O) groups excluding carboxylic acids is 2. The maximum absolute atomic E-state index is 12.9. The Labute approximate surface area is 161 Å². The third kappa shape index (κ3) is 3.75. The van der Waals surface area contributed by atoms with Crippen molar-refractivity contribution in [3.05, 3.63) is 58.7 Å². The van der Waals surface area contributed by atoms with Crippen LogP contribution < -0.4 is 10.2 Å². The normalized spacial score (nSPS) is 16.7. The third-order valence-electron chi connectivity index (χ3n) is 5.46. The van der Waals surface area contributed by atoms with E-state index in [1.807, 2.05) is 43.0 Å². The molecule has 1 atom stereocenters. The van der Waals surface area contributed by atoms with Crippen molar-refractivity contribution < 1.29 is 9.59 Å². The lowest BCUT2D eigenvalue weighted by Gasteiger charge is -2.23. The van der Waals surface area contributed by atoms with Gasteiger partial charge in [-0.15, -0.1) is 0 Å². The van der Waals surface area contributed by atoms with E-state index in [0.29, 0.717) is 6.54 Å². The minimum Gasteiger partial charge on any atom is -0.325 e. The lowest BCUT2D eigenvalue weighted by atomic mass is 10.0. The monoisotopic (exact) mass is 364 g/mol. The summed E-state index contributed by atoms with van der Waals surface area (Å²) in [4.78, 5) is 27.4. The van der Waals surface area contributed by atoms with Crippen LogP contribution in [0.15, 0.2) is 36.4 Å². The van der Waals surface area contributed by atoms with E-state index in [1.165, 1.54) is 11.1 Å². The zero-order chi connectivity index (χ0) is 19.6. The molecule has 1 aliphatic heterocycles. The molecule has 0 aromatic heterocycles. The van der Waals surface area contributed by atoms with Crippen LogP contribution in [0.3, 0.4) is 0 Å². The molecule has 27 heavy (non-hydrogen) atoms. The number of nitrogens with zero attached hydrogens (tertiary/aromatic N) is 1. The molecule has 1 N–H and O–H groups in total. The van der Waals surface area contributed by atoms with E-state index in [0.717, 1.165) is 35.3 Å². The fraction of sp³-hybridized carbons (Fsp3) is 0.391. The molecular weight excluding hydrogens is 336 g/mol. The summed E-state index contributed by atoms with van der Waals surface area (Å²) in [5, 5.41) is 3.05. The minimum atomic E-state index is -0.328. The van der Waals surface area contributed by atoms with Crippen LogP contribution in [0.2, 0.25) is 0 Å². The van der Waals surface area contributed by atoms with Crippen LogP contribution in [-0.2, 0) is 22.4 Å². The Hall–Kier alpha value is -2.62. The summed E-state index contributed by atoms with van der Waals surface area (Å²) in [5.74, 6) is -0.367. The Kier molecular flexibility index (Phi) is 5.64. The van der Waals surface area contributed by atoms with Crippen LogP contribution in [0, 0.1) is 19.8 Å². The van der Waals surface area contributed by atoms with E-state index in [1.54, 1.807) is 0 Å². The molecule has 4 nitrogen and oxygen atoms in total. The number of carbonyl (C=O) groups is 2. The van der Waals surface area contributed by atoms with Gasteiger partial charge in [0.25, 0.3) is 0 Å². The van der Waals surface area contributed by atoms with Crippen molar-refractivity contribution in [1.29, 1.82) is 0 Å². The van der Waals surface area contributed by atoms with Crippen LogP contribution in [0.25, 0.3) is 0 Å². The highest BCUT2D eigenvalue weighted by atomic mass is 16.2. The lowest BCUT2D eigenvalue weighted by Crippen LogP contribution is -2.29. The molecule has 1 heterocycles. The van der Waals surface area contributed by atoms with Gasteiger partial charge in [0.05, 0.1) is 5.92 Å². The highest BCUT2D eigenvalue weighted by molar-refractivity contribution is 6.04. The molecule has 1 saturated heterocycles. The second-order valence-electron chi connectivity index (χ2n) is 7.29. The van der Waals surface area contributed by atoms with Gasteiger partial charge >= 0.3 is 0 Å². The highest BCUT2D eigenvalue weighted by Crippen LogP contribution is 2.33. The van der Waals surface area contributed by atoms with Gasteiger partial charge in [-0.1, -0.05) is 50.2 Å². The van der Waals surface area contributed by atoms with Crippen LogP contribution in [0.4, 0.5) is 11.4 Å². The number of rotatable bonds is 5. The first-order valence-corrected chi connectivity index (χ1v) is 9.74. The van der Waals surface area contributed by atoms with Gasteiger partial charge in [-0.3, -0.25) is 9.59 Å². The molecule has 2 aromatic carbocycles. The van der Waals surface area contributed by atoms with Gasteiger partial charge in [0.1, 0.15) is 0 Å². The van der Waals surface area contributed by atoms with Crippen molar-refractivity contribution in [2.24, 2.45) is 5.92 Å². The Morgan fingerprint density at radius 1 is 1.04 bits per heavy atom. The first-order chi connectivity index (χ1) is 13.0. The molecule has 0 saturated carbocycles. The smallest absolute Gasteiger partial charge is 0.229 e. The fourth-order valence-corrected chi connectivity index (χ4v) is 3.90. The summed E-state index contributed by atoms with van der Waals surface area (Å²) in [6.45, 7) is 8.62. The number of hydrogen-bond acceptors (Lipinski definition) is 2. The first kappa shape index (κ1) is 19.2. The summed E-state index contributed by atoms with van der Waals surface area (Å²) in [6, 6.07) is 12.2. The second kappa shape index (κ2) is 7.95. The molecule has 0 unspecified atom stereocenters. The van der Waals surface area contributed by atoms with Crippen LogP contribution in [0.5, 0.6) is 0 Å². The zero-order valence-electron chi connectivity index (χ0n) is 16.6. The Morgan fingerprint density at radius 3 is 2.15 bits per heavy atom. The van der Waals surface area contributed by atoms with Gasteiger partial charge in [0, 0.05) is 24.3 Å². The maximum Gasteiger partial charge on any atom is 0.229 e. The number of nitrogens with one attached hydrogen (secondary N) is 1. The van der Waals surface area contributed by atoms with E-state index in [-0.39, 0.29) is 24.2 Å². The predicted molar refractivity (Wildman–Crippen MR) is 110 cm³/mol. The first-order valence-electron chi connectivity index (χ1n) is 9.74. The molecule has 142 valence electrons. The van der Waals surface area contributed by atoms with Crippen molar-refractivity contribution in [2.75, 3.05) is 16.8 Å². The van der Waals surface area contributed by atoms with E-state index in [4.69, 9.17) is 0 Å². The van der Waals surface area contributed by atoms with E-state index in [9.17, 15) is 9.59 Å². The van der Waals surface area contributed by atoms with Crippen molar-refractivity contribution in [2.45, 2.75) is 47.0 Å². The molecule has 0 aliphatic carbocycles. The van der Waals surface area contributed by atoms with E-state index < -0.39 is 0 Å².